The molecule has 2 N–H and O–H groups in total. The Morgan fingerprint density at radius 3 is 2.12 bits per heavy atom. The van der Waals surface area contributed by atoms with Crippen LogP contribution >= 0.6 is 0 Å². The van der Waals surface area contributed by atoms with Gasteiger partial charge in [0.05, 0.1) is 32.6 Å². The monoisotopic (exact) mass is 639 g/mol. The maximum atomic E-state index is 13.0. The second-order valence-electron chi connectivity index (χ2n) is 11.3. The molecule has 1 aliphatic carbocycles. The summed E-state index contributed by atoms with van der Waals surface area (Å²) in [5.74, 6) is 1.59. The lowest BCUT2D eigenvalue weighted by Gasteiger charge is -2.14. The van der Waals surface area contributed by atoms with E-state index in [1.807, 2.05) is 66.7 Å². The highest BCUT2D eigenvalue weighted by atomic mass is 16.5. The van der Waals surface area contributed by atoms with Gasteiger partial charge in [0.15, 0.2) is 18.1 Å². The van der Waals surface area contributed by atoms with Crippen molar-refractivity contribution in [2.75, 3.05) is 27.9 Å². The minimum atomic E-state index is -0.318. The van der Waals surface area contributed by atoms with E-state index in [0.717, 1.165) is 27.8 Å². The van der Waals surface area contributed by atoms with Crippen LogP contribution in [0.5, 0.6) is 23.1 Å². The molecule has 1 heterocycles. The van der Waals surface area contributed by atoms with Crippen LogP contribution in [0.4, 0.5) is 0 Å². The van der Waals surface area contributed by atoms with Gasteiger partial charge in [-0.15, -0.1) is 5.10 Å². The number of aromatic nitrogens is 2. The van der Waals surface area contributed by atoms with Crippen LogP contribution in [0, 0.1) is 6.92 Å². The number of aromatic amines is 1. The number of amides is 1. The normalized spacial score (nSPS) is 14.0. The Morgan fingerprint density at radius 2 is 1.48 bits per heavy atom. The van der Waals surface area contributed by atoms with E-state index in [1.165, 1.54) is 11.1 Å². The minimum absolute atomic E-state index is 0.136. The van der Waals surface area contributed by atoms with Crippen LogP contribution in [-0.2, 0) is 4.79 Å². The number of nitrogens with zero attached hydrogens (tertiary/aromatic N) is 1. The summed E-state index contributed by atoms with van der Waals surface area (Å²) < 4.78 is 22.7. The molecule has 1 aliphatic rings. The summed E-state index contributed by atoms with van der Waals surface area (Å²) in [6, 6.07) is 32.2. The maximum Gasteiger partial charge on any atom is 0.261 e. The summed E-state index contributed by atoms with van der Waals surface area (Å²) in [6.07, 6.45) is 8.07. The topological polar surface area (TPSA) is 94.7 Å². The van der Waals surface area contributed by atoms with Gasteiger partial charge in [-0.2, -0.15) is 0 Å². The molecular formula is C40H37N3O5. The molecule has 48 heavy (non-hydrogen) atoms. The number of hydrogen-bond acceptors (Lipinski definition) is 6. The number of carbonyl (C=O) groups is 1. The molecule has 1 atom stereocenters. The van der Waals surface area contributed by atoms with Crippen molar-refractivity contribution in [3.8, 4) is 45.5 Å². The van der Waals surface area contributed by atoms with Crippen molar-refractivity contribution in [3.05, 3.63) is 144 Å². The first-order valence-electron chi connectivity index (χ1n) is 15.6. The molecule has 8 heteroatoms. The second-order valence-corrected chi connectivity index (χ2v) is 11.3. The fourth-order valence-electron chi connectivity index (χ4n) is 5.75. The summed E-state index contributed by atoms with van der Waals surface area (Å²) in [6.45, 7) is 1.84. The van der Waals surface area contributed by atoms with Crippen LogP contribution in [0.3, 0.4) is 0 Å². The number of aryl methyl sites for hydroxylation is 1. The summed E-state index contributed by atoms with van der Waals surface area (Å²) in [4.78, 5) is 13.0. The Balaban J connectivity index is 1.21. The van der Waals surface area contributed by atoms with Gasteiger partial charge >= 0.3 is 0 Å². The zero-order valence-corrected chi connectivity index (χ0v) is 27.3. The number of allylic oxidation sites excluding steroid dienone is 5. The lowest BCUT2D eigenvalue weighted by atomic mass is 9.99. The third-order valence-corrected chi connectivity index (χ3v) is 8.16. The molecule has 0 radical (unpaired) electrons. The fourth-order valence-corrected chi connectivity index (χ4v) is 5.75. The molecule has 0 saturated heterocycles. The first kappa shape index (κ1) is 31.9. The van der Waals surface area contributed by atoms with Gasteiger partial charge < -0.3 is 24.3 Å². The van der Waals surface area contributed by atoms with Gasteiger partial charge in [-0.05, 0) is 53.0 Å². The molecule has 1 amide bonds. The second kappa shape index (κ2) is 14.6. The van der Waals surface area contributed by atoms with E-state index in [1.54, 1.807) is 27.5 Å². The first-order chi connectivity index (χ1) is 23.5. The van der Waals surface area contributed by atoms with Gasteiger partial charge in [-0.1, -0.05) is 103 Å². The molecule has 1 unspecified atom stereocenters. The number of ether oxygens (including phenoxy) is 4. The molecule has 5 aromatic rings. The standard InChI is InChI=1S/C40H37N3O5/c1-26-15-17-28(18-16-26)33-22-31(27-11-7-5-8-12-27)21-30(33)19-20-41-36(44)25-48-40-37(29-13-9-6-10-14-29)38(42-43-40)32-23-34(45-2)39(47-4)35(24-32)46-3/h5-24,31H,25H2,1-4H3,(H,41,44)(H,42,43). The van der Waals surface area contributed by atoms with Crippen molar-refractivity contribution in [1.29, 1.82) is 0 Å². The van der Waals surface area contributed by atoms with Gasteiger partial charge in [0, 0.05) is 17.7 Å². The van der Waals surface area contributed by atoms with Crippen LogP contribution in [-0.4, -0.2) is 44.0 Å². The fraction of sp³-hybridized carbons (Fsp3) is 0.150. The number of carbonyl (C=O) groups excluding carboxylic acids is 1. The summed E-state index contributed by atoms with van der Waals surface area (Å²) >= 11 is 0. The van der Waals surface area contributed by atoms with E-state index in [9.17, 15) is 4.79 Å². The number of nitrogens with one attached hydrogen (secondary N) is 2. The molecular weight excluding hydrogens is 602 g/mol. The minimum Gasteiger partial charge on any atom is -0.493 e. The quantitative estimate of drug-likeness (QED) is 0.144. The van der Waals surface area contributed by atoms with Crippen molar-refractivity contribution in [2.24, 2.45) is 0 Å². The number of benzene rings is 4. The third kappa shape index (κ3) is 6.88. The zero-order valence-electron chi connectivity index (χ0n) is 27.3. The lowest BCUT2D eigenvalue weighted by Crippen LogP contribution is -2.24. The van der Waals surface area contributed by atoms with Crippen LogP contribution in [0.15, 0.2) is 127 Å². The SMILES string of the molecule is COc1cc(-c2[nH]nc(OCC(=O)NC=CC3=CC(c4ccccc4)C=C3c3ccc(C)cc3)c2-c2ccccc2)cc(OC)c1OC. The number of H-pyrrole nitrogens is 1. The van der Waals surface area contributed by atoms with Crippen LogP contribution in [0.2, 0.25) is 0 Å². The number of hydrogen-bond donors (Lipinski definition) is 2. The van der Waals surface area contributed by atoms with Crippen LogP contribution in [0.25, 0.3) is 28.0 Å². The number of rotatable bonds is 12. The third-order valence-electron chi connectivity index (χ3n) is 8.16. The van der Waals surface area contributed by atoms with Crippen LogP contribution in [0.1, 0.15) is 22.6 Å². The van der Waals surface area contributed by atoms with E-state index in [0.29, 0.717) is 28.5 Å². The van der Waals surface area contributed by atoms with Crippen molar-refractivity contribution >= 4 is 11.5 Å². The molecule has 0 aliphatic heterocycles. The predicted octanol–water partition coefficient (Wildman–Crippen LogP) is 7.89. The van der Waals surface area contributed by atoms with Crippen molar-refractivity contribution < 1.29 is 23.7 Å². The molecule has 0 saturated carbocycles. The smallest absolute Gasteiger partial charge is 0.261 e. The zero-order chi connectivity index (χ0) is 33.5. The molecule has 1 aromatic heterocycles. The van der Waals surface area contributed by atoms with E-state index >= 15 is 0 Å². The van der Waals surface area contributed by atoms with E-state index in [2.05, 4.69) is 71.0 Å². The van der Waals surface area contributed by atoms with E-state index in [4.69, 9.17) is 18.9 Å². The largest absolute Gasteiger partial charge is 0.493 e. The molecule has 8 nitrogen and oxygen atoms in total. The Kier molecular flexibility index (Phi) is 9.72. The Hall–Kier alpha value is -6.02. The van der Waals surface area contributed by atoms with Crippen molar-refractivity contribution in [3.63, 3.8) is 0 Å². The average Bonchev–Trinajstić information content (AvgIpc) is 3.76. The highest BCUT2D eigenvalue weighted by Crippen LogP contribution is 2.44. The molecule has 6 rings (SSSR count). The van der Waals surface area contributed by atoms with Gasteiger partial charge in [-0.3, -0.25) is 9.89 Å². The van der Waals surface area contributed by atoms with Gasteiger partial charge in [0.25, 0.3) is 5.91 Å². The lowest BCUT2D eigenvalue weighted by molar-refractivity contribution is -0.122. The summed E-state index contributed by atoms with van der Waals surface area (Å²) in [5, 5.41) is 10.4. The maximum absolute atomic E-state index is 13.0. The molecule has 0 spiro atoms. The first-order valence-corrected chi connectivity index (χ1v) is 15.6. The Bertz CT molecular complexity index is 1950. The van der Waals surface area contributed by atoms with E-state index < -0.39 is 0 Å². The van der Waals surface area contributed by atoms with Crippen LogP contribution < -0.4 is 24.3 Å². The molecule has 0 fully saturated rings. The predicted molar refractivity (Wildman–Crippen MR) is 188 cm³/mol. The number of methoxy groups -OCH3 is 3. The highest BCUT2D eigenvalue weighted by Gasteiger charge is 2.23. The summed E-state index contributed by atoms with van der Waals surface area (Å²) in [7, 11) is 4.69. The molecule has 4 aromatic carbocycles. The average molecular weight is 640 g/mol. The molecule has 0 bridgehead atoms. The van der Waals surface area contributed by atoms with Gasteiger partial charge in [-0.25, -0.2) is 0 Å². The molecule has 242 valence electrons. The van der Waals surface area contributed by atoms with Gasteiger partial charge in [0.2, 0.25) is 11.6 Å². The highest BCUT2D eigenvalue weighted by molar-refractivity contribution is 5.88. The van der Waals surface area contributed by atoms with E-state index in [-0.39, 0.29) is 24.3 Å². The van der Waals surface area contributed by atoms with Crippen molar-refractivity contribution in [1.82, 2.24) is 15.5 Å². The summed E-state index contributed by atoms with van der Waals surface area (Å²) in [5.41, 5.74) is 8.67. The van der Waals surface area contributed by atoms with Crippen molar-refractivity contribution in [2.45, 2.75) is 12.8 Å². The Labute approximate surface area is 280 Å². The van der Waals surface area contributed by atoms with Gasteiger partial charge in [0.1, 0.15) is 0 Å². The Morgan fingerprint density at radius 1 is 0.812 bits per heavy atom.